The Bertz CT molecular complexity index is 1910. The standard InChI is InChI=1S/C46H64N6O8S/c1-33(2)44-48-38(31-61-44)45(56)51-25-29-60-46(32-51)17-21-50(22-18-46)24-28-58-37-11-8-34(9-12-37)15-26-57-27-16-41(55)52(36-6-4-3-5-7-36)23-20-47-19-14-35-10-13-39(53)42-43(35)59-30-40(54)49-42/h8-13,31,33,36,47,53H,3-7,14-30,32H2,1-2H3,(H,49,54). The molecular weight excluding hydrogens is 797 g/mol. The third kappa shape index (κ3) is 12.2. The highest BCUT2D eigenvalue weighted by Crippen LogP contribution is 2.39. The van der Waals surface area contributed by atoms with Gasteiger partial charge in [-0.2, -0.15) is 0 Å². The van der Waals surface area contributed by atoms with E-state index in [0.717, 1.165) is 86.5 Å². The van der Waals surface area contributed by atoms with Crippen LogP contribution in [0.4, 0.5) is 5.69 Å². The number of aromatic hydroxyl groups is 1. The molecule has 0 radical (unpaired) electrons. The number of carbonyl (C=O) groups is 3. The molecule has 0 atom stereocenters. The summed E-state index contributed by atoms with van der Waals surface area (Å²) in [5, 5.41) is 19.2. The Labute approximate surface area is 364 Å². The molecule has 3 aliphatic heterocycles. The fourth-order valence-electron chi connectivity index (χ4n) is 8.82. The Balaban J connectivity index is 0.762. The number of morpholine rings is 1. The summed E-state index contributed by atoms with van der Waals surface area (Å²) in [6.45, 7) is 12.1. The van der Waals surface area contributed by atoms with Gasteiger partial charge in [-0.1, -0.05) is 51.3 Å². The molecule has 4 aliphatic rings. The second kappa shape index (κ2) is 21.7. The minimum atomic E-state index is -0.288. The van der Waals surface area contributed by atoms with Gasteiger partial charge < -0.3 is 44.5 Å². The molecular formula is C46H64N6O8S. The van der Waals surface area contributed by atoms with Crippen LogP contribution in [-0.2, 0) is 31.9 Å². The number of ether oxygens (including phenoxy) is 4. The van der Waals surface area contributed by atoms with E-state index in [1.165, 1.54) is 6.42 Å². The van der Waals surface area contributed by atoms with E-state index in [1.807, 2.05) is 28.5 Å². The maximum atomic E-state index is 13.5. The maximum absolute atomic E-state index is 13.5. The molecule has 3 fully saturated rings. The highest BCUT2D eigenvalue weighted by molar-refractivity contribution is 7.09. The van der Waals surface area contributed by atoms with Gasteiger partial charge in [0.05, 0.1) is 43.4 Å². The van der Waals surface area contributed by atoms with Crippen molar-refractivity contribution in [1.82, 2.24) is 25.0 Å². The first-order valence-corrected chi connectivity index (χ1v) is 23.2. The van der Waals surface area contributed by atoms with Crippen LogP contribution in [0.2, 0.25) is 0 Å². The van der Waals surface area contributed by atoms with Crippen molar-refractivity contribution in [3.05, 3.63) is 63.6 Å². The van der Waals surface area contributed by atoms with Crippen LogP contribution in [-0.4, -0.2) is 140 Å². The van der Waals surface area contributed by atoms with E-state index in [-0.39, 0.29) is 41.7 Å². The number of phenols is 1. The van der Waals surface area contributed by atoms with Gasteiger partial charge in [0.1, 0.15) is 29.5 Å². The fraction of sp³-hybridized carbons (Fsp3) is 0.609. The molecule has 3 amide bonds. The lowest BCUT2D eigenvalue weighted by Crippen LogP contribution is -2.58. The van der Waals surface area contributed by atoms with E-state index in [1.54, 1.807) is 17.4 Å². The van der Waals surface area contributed by atoms with Gasteiger partial charge in [-0.05, 0) is 74.4 Å². The number of anilines is 1. The second-order valence-corrected chi connectivity index (χ2v) is 18.0. The molecule has 332 valence electrons. The Morgan fingerprint density at radius 3 is 2.61 bits per heavy atom. The van der Waals surface area contributed by atoms with E-state index >= 15 is 0 Å². The number of phenolic OH excluding ortho intramolecular Hbond substituents is 1. The molecule has 4 heterocycles. The molecule has 1 spiro atoms. The fourth-order valence-corrected chi connectivity index (χ4v) is 9.63. The van der Waals surface area contributed by atoms with Crippen LogP contribution in [0.5, 0.6) is 17.2 Å². The Hall–Kier alpha value is -4.28. The molecule has 2 saturated heterocycles. The molecule has 0 unspecified atom stereocenters. The average Bonchev–Trinajstić information content (AvgIpc) is 3.78. The van der Waals surface area contributed by atoms with Gasteiger partial charge in [0.15, 0.2) is 12.4 Å². The largest absolute Gasteiger partial charge is 0.506 e. The number of thiazole rings is 1. The minimum Gasteiger partial charge on any atom is -0.506 e. The van der Waals surface area contributed by atoms with Crippen molar-refractivity contribution >= 4 is 34.7 Å². The van der Waals surface area contributed by atoms with Crippen molar-refractivity contribution in [2.45, 2.75) is 95.6 Å². The number of likely N-dealkylation sites (tertiary alicyclic amines) is 1. The predicted molar refractivity (Wildman–Crippen MR) is 235 cm³/mol. The second-order valence-electron chi connectivity index (χ2n) is 17.1. The summed E-state index contributed by atoms with van der Waals surface area (Å²) in [6.07, 6.45) is 9.17. The highest BCUT2D eigenvalue weighted by atomic mass is 32.1. The summed E-state index contributed by atoms with van der Waals surface area (Å²) in [6, 6.07) is 11.9. The Kier molecular flexibility index (Phi) is 15.9. The predicted octanol–water partition coefficient (Wildman–Crippen LogP) is 5.63. The number of nitrogens with zero attached hydrogens (tertiary/aromatic N) is 4. The van der Waals surface area contributed by atoms with Crippen molar-refractivity contribution < 1.29 is 38.4 Å². The summed E-state index contributed by atoms with van der Waals surface area (Å²) < 4.78 is 24.0. The third-order valence-corrected chi connectivity index (χ3v) is 13.5. The van der Waals surface area contributed by atoms with Crippen molar-refractivity contribution in [1.29, 1.82) is 0 Å². The van der Waals surface area contributed by atoms with E-state index in [9.17, 15) is 19.5 Å². The Morgan fingerprint density at radius 2 is 1.84 bits per heavy atom. The summed E-state index contributed by atoms with van der Waals surface area (Å²) in [7, 11) is 0. The Morgan fingerprint density at radius 1 is 1.03 bits per heavy atom. The number of hydrogen-bond acceptors (Lipinski definition) is 12. The normalized spacial score (nSPS) is 18.1. The van der Waals surface area contributed by atoms with Crippen LogP contribution in [0.3, 0.4) is 0 Å². The zero-order valence-electron chi connectivity index (χ0n) is 36.0. The molecule has 7 rings (SSSR count). The number of aromatic nitrogens is 1. The molecule has 1 aliphatic carbocycles. The molecule has 15 heteroatoms. The quantitative estimate of drug-likeness (QED) is 0.102. The lowest BCUT2D eigenvalue weighted by molar-refractivity contribution is -0.135. The van der Waals surface area contributed by atoms with Gasteiger partial charge in [-0.25, -0.2) is 4.98 Å². The number of nitrogens with one attached hydrogen (secondary N) is 2. The summed E-state index contributed by atoms with van der Waals surface area (Å²) >= 11 is 1.56. The number of rotatable bonds is 19. The number of benzene rings is 2. The summed E-state index contributed by atoms with van der Waals surface area (Å²) in [4.78, 5) is 49.5. The molecule has 0 bridgehead atoms. The monoisotopic (exact) mass is 860 g/mol. The first-order valence-electron chi connectivity index (χ1n) is 22.3. The van der Waals surface area contributed by atoms with Gasteiger partial charge in [0, 0.05) is 56.6 Å². The molecule has 3 N–H and O–H groups in total. The zero-order valence-corrected chi connectivity index (χ0v) is 36.8. The van der Waals surface area contributed by atoms with Gasteiger partial charge in [0.2, 0.25) is 5.91 Å². The summed E-state index contributed by atoms with van der Waals surface area (Å²) in [5.74, 6) is 1.55. The third-order valence-electron chi connectivity index (χ3n) is 12.4. The smallest absolute Gasteiger partial charge is 0.273 e. The molecule has 14 nitrogen and oxygen atoms in total. The van der Waals surface area contributed by atoms with Gasteiger partial charge in [-0.3, -0.25) is 19.3 Å². The zero-order chi connectivity index (χ0) is 42.6. The van der Waals surface area contributed by atoms with Crippen LogP contribution in [0.25, 0.3) is 0 Å². The summed E-state index contributed by atoms with van der Waals surface area (Å²) in [5.41, 5.74) is 2.67. The number of hydrogen-bond donors (Lipinski definition) is 3. The van der Waals surface area contributed by atoms with E-state index < -0.39 is 0 Å². The van der Waals surface area contributed by atoms with Crippen LogP contribution in [0, 0.1) is 0 Å². The highest BCUT2D eigenvalue weighted by Gasteiger charge is 2.41. The number of piperidine rings is 1. The minimum absolute atomic E-state index is 0.00633. The molecule has 1 saturated carbocycles. The lowest BCUT2D eigenvalue weighted by Gasteiger charge is -2.47. The van der Waals surface area contributed by atoms with E-state index in [2.05, 4.69) is 51.4 Å². The van der Waals surface area contributed by atoms with Crippen molar-refractivity contribution in [2.75, 3.05) is 90.7 Å². The van der Waals surface area contributed by atoms with Crippen LogP contribution in [0.1, 0.15) is 97.8 Å². The molecule has 2 aromatic carbocycles. The van der Waals surface area contributed by atoms with Gasteiger partial charge in [-0.15, -0.1) is 11.3 Å². The lowest BCUT2D eigenvalue weighted by atomic mass is 9.89. The first kappa shape index (κ1) is 44.8. The number of fused-ring (bicyclic) bond motifs is 1. The van der Waals surface area contributed by atoms with Crippen molar-refractivity contribution in [3.63, 3.8) is 0 Å². The van der Waals surface area contributed by atoms with Crippen molar-refractivity contribution in [3.8, 4) is 17.2 Å². The van der Waals surface area contributed by atoms with Crippen molar-refractivity contribution in [2.24, 2.45) is 0 Å². The van der Waals surface area contributed by atoms with Crippen LogP contribution >= 0.6 is 11.3 Å². The van der Waals surface area contributed by atoms with E-state index in [0.29, 0.717) is 95.0 Å². The number of amides is 3. The maximum Gasteiger partial charge on any atom is 0.273 e. The van der Waals surface area contributed by atoms with Crippen LogP contribution in [0.15, 0.2) is 41.8 Å². The van der Waals surface area contributed by atoms with E-state index in [4.69, 9.17) is 18.9 Å². The topological polar surface area (TPSA) is 155 Å². The SMILES string of the molecule is CC(C)c1nc(C(=O)N2CCOC3(CCN(CCOc4ccc(CCOCCC(=O)N(CCNCCc5ccc(O)c6c5OCC(=O)N6)C5CCCCC5)cc4)CC3)C2)cs1. The van der Waals surface area contributed by atoms with Crippen LogP contribution < -0.4 is 20.1 Å². The molecule has 61 heavy (non-hydrogen) atoms. The van der Waals surface area contributed by atoms with Gasteiger partial charge >= 0.3 is 0 Å². The molecule has 1 aromatic heterocycles. The first-order chi connectivity index (χ1) is 29.7. The number of carbonyl (C=O) groups excluding carboxylic acids is 3. The molecule has 3 aromatic rings. The van der Waals surface area contributed by atoms with Gasteiger partial charge in [0.25, 0.3) is 11.8 Å². The average molecular weight is 861 g/mol.